The number of hydrogen-bond acceptors (Lipinski definition) is 0. The predicted molar refractivity (Wildman–Crippen MR) is 331 cm³/mol. The molecule has 10 unspecified atom stereocenters. The Hall–Kier alpha value is 0. The first kappa shape index (κ1) is 70.0. The molecule has 0 N–H and O–H groups in total. The summed E-state index contributed by atoms with van der Waals surface area (Å²) in [6, 6.07) is 0. The zero-order valence-corrected chi connectivity index (χ0v) is 55.4. The van der Waals surface area contributed by atoms with Crippen molar-refractivity contribution in [3.63, 3.8) is 0 Å². The van der Waals surface area contributed by atoms with Gasteiger partial charge in [-0.2, -0.15) is 0 Å². The zero-order valence-electron chi connectivity index (χ0n) is 55.4. The third-order valence-electron chi connectivity index (χ3n) is 23.6. The molecule has 0 heteroatoms. The lowest BCUT2D eigenvalue weighted by molar-refractivity contribution is 0.0302. The van der Waals surface area contributed by atoms with Gasteiger partial charge in [0.25, 0.3) is 0 Å². The van der Waals surface area contributed by atoms with Gasteiger partial charge in [-0.15, -0.1) is 0 Å². The van der Waals surface area contributed by atoms with Crippen LogP contribution in [0.25, 0.3) is 0 Å². The fourth-order valence-corrected chi connectivity index (χ4v) is 14.6. The highest BCUT2D eigenvalue weighted by atomic mass is 14.4. The van der Waals surface area contributed by atoms with E-state index in [1.165, 1.54) is 128 Å². The van der Waals surface area contributed by atoms with Crippen molar-refractivity contribution in [3.05, 3.63) is 0 Å². The molecule has 9 fully saturated rings. The summed E-state index contributed by atoms with van der Waals surface area (Å²) in [6.07, 6.45) is 29.3. The quantitative estimate of drug-likeness (QED) is 0.264. The van der Waals surface area contributed by atoms with Crippen LogP contribution in [-0.2, 0) is 0 Å². The van der Waals surface area contributed by atoms with Crippen molar-refractivity contribution in [1.82, 2.24) is 0 Å². The van der Waals surface area contributed by atoms with Crippen LogP contribution in [0.2, 0.25) is 0 Å². The average Bonchev–Trinajstić information content (AvgIpc) is 4.01. The van der Waals surface area contributed by atoms with Crippen molar-refractivity contribution in [2.45, 2.75) is 315 Å². The van der Waals surface area contributed by atoms with Gasteiger partial charge in [0.05, 0.1) is 0 Å². The zero-order chi connectivity index (χ0) is 55.4. The van der Waals surface area contributed by atoms with E-state index >= 15 is 0 Å². The maximum absolute atomic E-state index is 2.38. The lowest BCUT2D eigenvalue weighted by Gasteiger charge is -2.45. The smallest absolute Gasteiger partial charge is 0.0352 e. The molecule has 0 aromatic heterocycles. The highest BCUT2D eigenvalue weighted by Gasteiger charge is 2.38. The molecule has 0 aliphatic heterocycles. The van der Waals surface area contributed by atoms with Crippen molar-refractivity contribution in [2.24, 2.45) is 147 Å². The van der Waals surface area contributed by atoms with Crippen molar-refractivity contribution in [2.75, 3.05) is 0 Å². The maximum atomic E-state index is 2.38. The molecule has 0 aromatic rings. The molecule has 11 atom stereocenters. The van der Waals surface area contributed by atoms with Gasteiger partial charge in [0.1, 0.15) is 0 Å². The Morgan fingerprint density at radius 2 is 0.694 bits per heavy atom. The summed E-state index contributed by atoms with van der Waals surface area (Å²) >= 11 is 0. The second-order valence-electron chi connectivity index (χ2n) is 31.9. The molecule has 432 valence electrons. The van der Waals surface area contributed by atoms with Gasteiger partial charge in [0.2, 0.25) is 0 Å². The fraction of sp³-hybridized carbons (Fsp3) is 1.00. The van der Waals surface area contributed by atoms with Crippen LogP contribution in [0.1, 0.15) is 315 Å². The highest BCUT2D eigenvalue weighted by molar-refractivity contribution is 4.87. The Morgan fingerprint density at radius 3 is 0.778 bits per heavy atom. The highest BCUT2D eigenvalue weighted by Crippen LogP contribution is 2.45. The molecule has 9 aliphatic rings. The van der Waals surface area contributed by atoms with Crippen LogP contribution >= 0.6 is 0 Å². The first-order valence-electron chi connectivity index (χ1n) is 33.2. The molecule has 0 nitrogen and oxygen atoms in total. The molecule has 0 heterocycles. The molecule has 0 bridgehead atoms. The van der Waals surface area contributed by atoms with E-state index in [9.17, 15) is 0 Å². The molecule has 9 aliphatic carbocycles. The van der Waals surface area contributed by atoms with Crippen LogP contribution < -0.4 is 0 Å². The van der Waals surface area contributed by atoms with Gasteiger partial charge in [0.15, 0.2) is 0 Å². The molecule has 0 radical (unpaired) electrons. The van der Waals surface area contributed by atoms with Crippen molar-refractivity contribution >= 4 is 0 Å². The lowest BCUT2D eigenvalue weighted by Crippen LogP contribution is -2.39. The van der Waals surface area contributed by atoms with E-state index < -0.39 is 0 Å². The molecular formula is C72H144. The first-order valence-corrected chi connectivity index (χ1v) is 33.2. The minimum atomic E-state index is 0.595. The lowest BCUT2D eigenvalue weighted by atomic mass is 9.60. The normalized spacial score (nSPS) is 40.8. The van der Waals surface area contributed by atoms with Gasteiger partial charge in [0, 0.05) is 0 Å². The topological polar surface area (TPSA) is 0 Å². The second-order valence-corrected chi connectivity index (χ2v) is 31.9. The first-order chi connectivity index (χ1) is 33.2. The Morgan fingerprint density at radius 1 is 0.375 bits per heavy atom. The third-order valence-corrected chi connectivity index (χ3v) is 23.6. The Balaban J connectivity index is 0.000000405. The molecule has 9 saturated carbocycles. The molecule has 9 rings (SSSR count). The third kappa shape index (κ3) is 26.1. The summed E-state index contributed by atoms with van der Waals surface area (Å²) in [5.74, 6) is 22.9. The summed E-state index contributed by atoms with van der Waals surface area (Å²) in [4.78, 5) is 0. The van der Waals surface area contributed by atoms with Crippen molar-refractivity contribution < 1.29 is 0 Å². The van der Waals surface area contributed by atoms with Crippen molar-refractivity contribution in [3.8, 4) is 0 Å². The summed E-state index contributed by atoms with van der Waals surface area (Å²) < 4.78 is 0. The van der Waals surface area contributed by atoms with Gasteiger partial charge in [-0.3, -0.25) is 0 Å². The van der Waals surface area contributed by atoms with Crippen LogP contribution in [-0.4, -0.2) is 0 Å². The monoisotopic (exact) mass is 1010 g/mol. The van der Waals surface area contributed by atoms with E-state index in [-0.39, 0.29) is 0 Å². The number of rotatable bonds is 3. The predicted octanol–water partition coefficient (Wildman–Crippen LogP) is 24.5. The molecule has 0 amide bonds. The average molecular weight is 1010 g/mol. The minimum Gasteiger partial charge on any atom is -0.0651 e. The van der Waals surface area contributed by atoms with Crippen LogP contribution in [0.5, 0.6) is 0 Å². The summed E-state index contributed by atoms with van der Waals surface area (Å²) in [7, 11) is 0. The Labute approximate surface area is 460 Å². The summed E-state index contributed by atoms with van der Waals surface area (Å²) in [5, 5.41) is 0. The fourth-order valence-electron chi connectivity index (χ4n) is 14.6. The Kier molecular flexibility index (Phi) is 33.2. The van der Waals surface area contributed by atoms with Crippen molar-refractivity contribution in [1.29, 1.82) is 0 Å². The van der Waals surface area contributed by atoms with Crippen LogP contribution in [0.3, 0.4) is 0 Å². The van der Waals surface area contributed by atoms with E-state index in [4.69, 9.17) is 0 Å². The van der Waals surface area contributed by atoms with Crippen LogP contribution in [0.15, 0.2) is 0 Å². The standard InChI is InChI=1S/9C8H16/c2*1-6-4-7(2)8(3)5-6;1-6(2)8-4-7(3)5-8;1-7-4-5-8(2,3)6-7;1-8(2,3)7-5-4-6-7;2*1-6-4-5-7(2)8(6)3;1-5-6(2)8(4)7(5)3;1-3-7(2)8-5-4-6-8/h3*6-8H,4-5H2,1-3H3;2*7H,4-6H2,1-3H3;2*6-8H,4-5H2,1-3H3;5-8H,1-4H3;7-8H,3-6H2,1-2H3/t6?,7-,8?;;;;;;;;/m0......../s1. The van der Waals surface area contributed by atoms with Gasteiger partial charge >= 0.3 is 0 Å². The van der Waals surface area contributed by atoms with E-state index in [0.29, 0.717) is 10.8 Å². The molecule has 0 saturated heterocycles. The van der Waals surface area contributed by atoms with E-state index in [1.54, 1.807) is 0 Å². The van der Waals surface area contributed by atoms with E-state index in [2.05, 4.69) is 187 Å². The largest absolute Gasteiger partial charge is 0.0651 e. The molecular weight excluding hydrogens is 865 g/mol. The van der Waals surface area contributed by atoms with Gasteiger partial charge in [-0.1, -0.05) is 251 Å². The second kappa shape index (κ2) is 34.1. The van der Waals surface area contributed by atoms with Crippen LogP contribution in [0.4, 0.5) is 0 Å². The summed E-state index contributed by atoms with van der Waals surface area (Å²) in [5.41, 5.74) is 1.26. The molecule has 0 aromatic carbocycles. The Bertz CT molecular complexity index is 1180. The minimum absolute atomic E-state index is 0.595. The number of hydrogen-bond donors (Lipinski definition) is 0. The molecule has 72 heavy (non-hydrogen) atoms. The van der Waals surface area contributed by atoms with E-state index in [0.717, 1.165) is 136 Å². The molecule has 0 spiro atoms. The van der Waals surface area contributed by atoms with Crippen LogP contribution in [0, 0.1) is 147 Å². The summed E-state index contributed by atoms with van der Waals surface area (Å²) in [6.45, 7) is 63.7. The SMILES string of the molecule is CC(C)(C)C1CCC1.CC1C(C)C(C)C1C.CC1CC(C(C)C)C1.CC1CC(C)C(C)C1.CC1CC(C)[C@@H](C)C1.CC1CCC(C)(C)C1.CC1CCC(C)C1C.CC1CCC(C)C1C.CCC(C)C1CCC1. The van der Waals surface area contributed by atoms with Gasteiger partial charge < -0.3 is 0 Å². The maximum Gasteiger partial charge on any atom is -0.0352 e. The van der Waals surface area contributed by atoms with E-state index in [1.807, 2.05) is 0 Å². The van der Waals surface area contributed by atoms with Gasteiger partial charge in [-0.05, 0) is 211 Å². The van der Waals surface area contributed by atoms with Gasteiger partial charge in [-0.25, -0.2) is 0 Å².